The fourth-order valence-electron chi connectivity index (χ4n) is 0.750. The summed E-state index contributed by atoms with van der Waals surface area (Å²) >= 11 is 1.36. The second-order valence-electron chi connectivity index (χ2n) is 2.10. The van der Waals surface area contributed by atoms with E-state index >= 15 is 0 Å². The number of carbonyl (C=O) groups is 1. The maximum atomic E-state index is 11.1. The molecule has 12 heavy (non-hydrogen) atoms. The summed E-state index contributed by atoms with van der Waals surface area (Å²) in [5.74, 6) is -0.318. The summed E-state index contributed by atoms with van der Waals surface area (Å²) in [5.41, 5.74) is 0.528. The van der Waals surface area contributed by atoms with Crippen LogP contribution in [0, 0.1) is 5.41 Å². The molecule has 0 aromatic carbocycles. The smallest absolute Gasteiger partial charge is 0.338 e. The Hall–Kier alpha value is -1.16. The van der Waals surface area contributed by atoms with E-state index in [0.29, 0.717) is 12.2 Å². The molecule has 0 aliphatic carbocycles. The van der Waals surface area contributed by atoms with E-state index in [1.165, 1.54) is 17.6 Å². The molecule has 3 nitrogen and oxygen atoms in total. The lowest BCUT2D eigenvalue weighted by molar-refractivity contribution is 0.0527. The number of esters is 1. The van der Waals surface area contributed by atoms with Crippen molar-refractivity contribution in [1.29, 1.82) is 5.41 Å². The van der Waals surface area contributed by atoms with Gasteiger partial charge in [-0.15, -0.1) is 11.3 Å². The maximum absolute atomic E-state index is 11.1. The third-order valence-electron chi connectivity index (χ3n) is 1.27. The molecular weight excluding hydrogens is 174 g/mol. The van der Waals surface area contributed by atoms with Crippen LogP contribution in [0.2, 0.25) is 0 Å². The number of carbonyl (C=O) groups excluding carboxylic acids is 1. The zero-order chi connectivity index (χ0) is 8.97. The van der Waals surface area contributed by atoms with E-state index in [9.17, 15) is 4.79 Å². The fourth-order valence-corrected chi connectivity index (χ4v) is 1.44. The zero-order valence-electron chi connectivity index (χ0n) is 6.66. The number of thiophene rings is 1. The molecule has 4 heteroatoms. The first-order valence-electron chi connectivity index (χ1n) is 3.54. The van der Waals surface area contributed by atoms with Crippen LogP contribution in [-0.4, -0.2) is 18.8 Å². The third kappa shape index (κ3) is 1.92. The number of ether oxygens (including phenoxy) is 1. The van der Waals surface area contributed by atoms with Crippen LogP contribution in [0.1, 0.15) is 22.2 Å². The predicted molar refractivity (Wildman–Crippen MR) is 48.2 cm³/mol. The molecule has 0 aliphatic heterocycles. The van der Waals surface area contributed by atoms with Crippen molar-refractivity contribution in [3.05, 3.63) is 21.9 Å². The highest BCUT2D eigenvalue weighted by Gasteiger charge is 2.07. The first-order chi connectivity index (χ1) is 5.77. The first kappa shape index (κ1) is 8.93. The number of hydrogen-bond acceptors (Lipinski definition) is 4. The van der Waals surface area contributed by atoms with E-state index in [4.69, 9.17) is 10.1 Å². The van der Waals surface area contributed by atoms with Crippen molar-refractivity contribution in [3.8, 4) is 0 Å². The number of nitrogens with one attached hydrogen (secondary N) is 1. The lowest BCUT2D eigenvalue weighted by Gasteiger charge is -1.96. The van der Waals surface area contributed by atoms with E-state index in [1.807, 2.05) is 0 Å². The minimum atomic E-state index is -0.318. The van der Waals surface area contributed by atoms with Crippen LogP contribution in [-0.2, 0) is 4.74 Å². The summed E-state index contributed by atoms with van der Waals surface area (Å²) in [7, 11) is 0. The SMILES string of the molecule is CCOC(=O)c1csc(C=N)c1. The Morgan fingerprint density at radius 2 is 2.58 bits per heavy atom. The molecule has 0 aliphatic rings. The summed E-state index contributed by atoms with van der Waals surface area (Å²) in [6.07, 6.45) is 1.22. The van der Waals surface area contributed by atoms with Crippen LogP contribution in [0.3, 0.4) is 0 Å². The van der Waals surface area contributed by atoms with Gasteiger partial charge in [0.15, 0.2) is 0 Å². The molecule has 0 bridgehead atoms. The van der Waals surface area contributed by atoms with Gasteiger partial charge in [0, 0.05) is 16.5 Å². The summed E-state index contributed by atoms with van der Waals surface area (Å²) in [5, 5.41) is 8.63. The molecule has 1 rings (SSSR count). The van der Waals surface area contributed by atoms with Crippen LogP contribution >= 0.6 is 11.3 Å². The Balaban J connectivity index is 2.74. The molecule has 0 radical (unpaired) electrons. The second kappa shape index (κ2) is 4.01. The molecule has 0 unspecified atom stereocenters. The molecular formula is C8H9NO2S. The largest absolute Gasteiger partial charge is 0.462 e. The summed E-state index contributed by atoms with van der Waals surface area (Å²) in [6, 6.07) is 1.65. The normalized spacial score (nSPS) is 9.42. The molecule has 1 N–H and O–H groups in total. The van der Waals surface area contributed by atoms with Crippen LogP contribution in [0.15, 0.2) is 11.4 Å². The van der Waals surface area contributed by atoms with E-state index < -0.39 is 0 Å². The Bertz CT molecular complexity index is 293. The molecule has 1 aromatic heterocycles. The standard InChI is InChI=1S/C8H9NO2S/c1-2-11-8(10)6-3-7(4-9)12-5-6/h3-5,9H,2H2,1H3. The Kier molecular flexibility index (Phi) is 2.99. The van der Waals surface area contributed by atoms with E-state index in [1.54, 1.807) is 18.4 Å². The first-order valence-corrected chi connectivity index (χ1v) is 4.42. The van der Waals surface area contributed by atoms with Gasteiger partial charge in [-0.2, -0.15) is 0 Å². The molecule has 1 aromatic rings. The van der Waals surface area contributed by atoms with E-state index in [-0.39, 0.29) is 5.97 Å². The van der Waals surface area contributed by atoms with E-state index in [2.05, 4.69) is 0 Å². The molecule has 0 fully saturated rings. The Morgan fingerprint density at radius 1 is 1.83 bits per heavy atom. The summed E-state index contributed by atoms with van der Waals surface area (Å²) in [4.78, 5) is 11.8. The predicted octanol–water partition coefficient (Wildman–Crippen LogP) is 1.92. The van der Waals surface area contributed by atoms with E-state index in [0.717, 1.165) is 4.88 Å². The van der Waals surface area contributed by atoms with Crippen LogP contribution in [0.25, 0.3) is 0 Å². The zero-order valence-corrected chi connectivity index (χ0v) is 7.48. The van der Waals surface area contributed by atoms with Crippen LogP contribution in [0.4, 0.5) is 0 Å². The van der Waals surface area contributed by atoms with Gasteiger partial charge in [0.1, 0.15) is 0 Å². The summed E-state index contributed by atoms with van der Waals surface area (Å²) < 4.78 is 4.78. The van der Waals surface area contributed by atoms with Crippen molar-refractivity contribution >= 4 is 23.5 Å². The minimum absolute atomic E-state index is 0.318. The van der Waals surface area contributed by atoms with Crippen LogP contribution < -0.4 is 0 Å². The average Bonchev–Trinajstić information content (AvgIpc) is 2.52. The van der Waals surface area contributed by atoms with Crippen molar-refractivity contribution in [2.75, 3.05) is 6.61 Å². The highest BCUT2D eigenvalue weighted by atomic mass is 32.1. The molecule has 1 heterocycles. The lowest BCUT2D eigenvalue weighted by atomic mass is 10.3. The van der Waals surface area contributed by atoms with Gasteiger partial charge in [-0.3, -0.25) is 0 Å². The highest BCUT2D eigenvalue weighted by molar-refractivity contribution is 7.12. The van der Waals surface area contributed by atoms with Gasteiger partial charge in [0.25, 0.3) is 0 Å². The highest BCUT2D eigenvalue weighted by Crippen LogP contribution is 2.13. The van der Waals surface area contributed by atoms with Crippen molar-refractivity contribution in [3.63, 3.8) is 0 Å². The van der Waals surface area contributed by atoms with Gasteiger partial charge in [0.2, 0.25) is 0 Å². The Morgan fingerprint density at radius 3 is 3.08 bits per heavy atom. The Labute approximate surface area is 74.5 Å². The van der Waals surface area contributed by atoms with Crippen molar-refractivity contribution < 1.29 is 9.53 Å². The molecule has 0 spiro atoms. The molecule has 0 saturated carbocycles. The quantitative estimate of drug-likeness (QED) is 0.575. The van der Waals surface area contributed by atoms with Gasteiger partial charge in [0.05, 0.1) is 12.2 Å². The van der Waals surface area contributed by atoms with Gasteiger partial charge < -0.3 is 10.1 Å². The van der Waals surface area contributed by atoms with Crippen LogP contribution in [0.5, 0.6) is 0 Å². The molecule has 0 atom stereocenters. The minimum Gasteiger partial charge on any atom is -0.462 e. The van der Waals surface area contributed by atoms with Gasteiger partial charge in [-0.05, 0) is 13.0 Å². The van der Waals surface area contributed by atoms with Crippen molar-refractivity contribution in [2.24, 2.45) is 0 Å². The second-order valence-corrected chi connectivity index (χ2v) is 3.05. The molecule has 0 amide bonds. The monoisotopic (exact) mass is 183 g/mol. The fraction of sp³-hybridized carbons (Fsp3) is 0.250. The molecule has 64 valence electrons. The summed E-state index contributed by atoms with van der Waals surface area (Å²) in [6.45, 7) is 2.15. The third-order valence-corrected chi connectivity index (χ3v) is 2.15. The van der Waals surface area contributed by atoms with Crippen molar-refractivity contribution in [2.45, 2.75) is 6.92 Å². The van der Waals surface area contributed by atoms with Gasteiger partial charge in [-0.1, -0.05) is 0 Å². The van der Waals surface area contributed by atoms with Gasteiger partial charge in [-0.25, -0.2) is 4.79 Å². The average molecular weight is 183 g/mol. The van der Waals surface area contributed by atoms with Gasteiger partial charge >= 0.3 is 5.97 Å². The van der Waals surface area contributed by atoms with Crippen molar-refractivity contribution in [1.82, 2.24) is 0 Å². The topological polar surface area (TPSA) is 50.2 Å². The number of rotatable bonds is 3. The number of hydrogen-bond donors (Lipinski definition) is 1. The lowest BCUT2D eigenvalue weighted by Crippen LogP contribution is -2.02. The molecule has 0 saturated heterocycles. The maximum Gasteiger partial charge on any atom is 0.338 e.